The molecule has 1 N–H and O–H groups in total. The number of rotatable bonds is 7. The van der Waals surface area contributed by atoms with E-state index in [1.54, 1.807) is 0 Å². The highest BCUT2D eigenvalue weighted by atomic mass is 32.2. The molecule has 0 spiro atoms. The van der Waals surface area contributed by atoms with Gasteiger partial charge in [0.2, 0.25) is 0 Å². The van der Waals surface area contributed by atoms with Crippen LogP contribution in [0.15, 0.2) is 0 Å². The number of hydrogen-bond donors (Lipinski definition) is 1. The van der Waals surface area contributed by atoms with Crippen LogP contribution >= 0.6 is 0 Å². The van der Waals surface area contributed by atoms with Crippen molar-refractivity contribution in [2.75, 3.05) is 18.6 Å². The van der Waals surface area contributed by atoms with E-state index in [1.165, 1.54) is 6.26 Å². The van der Waals surface area contributed by atoms with Crippen molar-refractivity contribution in [3.05, 3.63) is 0 Å². The Bertz CT molecular complexity index is 161. The topological polar surface area (TPSA) is 69.6 Å². The number of esters is 1. The lowest BCUT2D eigenvalue weighted by Gasteiger charge is -2.10. The highest BCUT2D eigenvalue weighted by Gasteiger charge is 2.17. The second-order valence-corrected chi connectivity index (χ2v) is 4.66. The fraction of sp³-hybridized carbons (Fsp3) is 0.889. The molecule has 0 bridgehead atoms. The quantitative estimate of drug-likeness (QED) is 0.386. The number of unbranched alkanes of at least 4 members (excludes halogenated alkanes) is 1. The minimum Gasteiger partial charge on any atom is -0.617 e. The third-order valence-electron chi connectivity index (χ3n) is 1.69. The zero-order valence-electron chi connectivity index (χ0n) is 8.69. The van der Waals surface area contributed by atoms with Gasteiger partial charge in [-0.2, -0.15) is 0 Å². The largest absolute Gasteiger partial charge is 0.617 e. The van der Waals surface area contributed by atoms with Crippen LogP contribution in [0.25, 0.3) is 0 Å². The van der Waals surface area contributed by atoms with Gasteiger partial charge in [0.05, 0.1) is 12.9 Å². The Morgan fingerprint density at radius 2 is 2.29 bits per heavy atom. The fourth-order valence-electron chi connectivity index (χ4n) is 0.809. The van der Waals surface area contributed by atoms with E-state index in [2.05, 4.69) is 0 Å². The minimum absolute atomic E-state index is 0.202. The molecule has 0 aliphatic rings. The van der Waals surface area contributed by atoms with E-state index < -0.39 is 23.2 Å². The van der Waals surface area contributed by atoms with Crippen LogP contribution in [0, 0.1) is 0 Å². The maximum atomic E-state index is 11.1. The van der Waals surface area contributed by atoms with Gasteiger partial charge in [-0.05, 0) is 6.42 Å². The molecule has 14 heavy (non-hydrogen) atoms. The first kappa shape index (κ1) is 13.7. The number of hydrogen-bond acceptors (Lipinski definition) is 4. The number of aliphatic hydroxyl groups is 1. The first-order valence-corrected chi connectivity index (χ1v) is 6.45. The molecule has 0 aromatic carbocycles. The summed E-state index contributed by atoms with van der Waals surface area (Å²) >= 11 is -0.978. The Morgan fingerprint density at radius 1 is 1.64 bits per heavy atom. The maximum absolute atomic E-state index is 11.1. The Balaban J connectivity index is 3.54. The molecule has 5 heteroatoms. The van der Waals surface area contributed by atoms with Crippen molar-refractivity contribution < 1.29 is 19.2 Å². The molecule has 0 rings (SSSR count). The number of carbonyl (C=O) groups excluding carboxylic acids is 1. The van der Waals surface area contributed by atoms with Crippen molar-refractivity contribution in [3.8, 4) is 0 Å². The van der Waals surface area contributed by atoms with E-state index in [0.29, 0.717) is 12.4 Å². The number of carbonyl (C=O) groups is 1. The van der Waals surface area contributed by atoms with E-state index in [4.69, 9.17) is 4.74 Å². The molecule has 0 saturated carbocycles. The molecule has 0 fully saturated rings. The summed E-state index contributed by atoms with van der Waals surface area (Å²) in [5.41, 5.74) is 0. The van der Waals surface area contributed by atoms with Crippen LogP contribution < -0.4 is 0 Å². The van der Waals surface area contributed by atoms with Gasteiger partial charge in [-0.15, -0.1) is 0 Å². The van der Waals surface area contributed by atoms with Crippen LogP contribution in [-0.4, -0.2) is 40.3 Å². The van der Waals surface area contributed by atoms with Gasteiger partial charge < -0.3 is 14.4 Å². The van der Waals surface area contributed by atoms with Crippen molar-refractivity contribution in [2.45, 2.75) is 32.3 Å². The molecule has 2 unspecified atom stereocenters. The van der Waals surface area contributed by atoms with Gasteiger partial charge in [-0.3, -0.25) is 0 Å². The van der Waals surface area contributed by atoms with E-state index in [-0.39, 0.29) is 6.42 Å². The SMILES string of the molecule is CCCCOC(=O)C(O)CC[S+](C)[O-]. The molecule has 0 aromatic heterocycles. The van der Waals surface area contributed by atoms with Gasteiger partial charge in [-0.25, -0.2) is 4.79 Å². The van der Waals surface area contributed by atoms with E-state index >= 15 is 0 Å². The number of aliphatic hydroxyl groups excluding tert-OH is 1. The summed E-state index contributed by atoms with van der Waals surface area (Å²) in [6, 6.07) is 0. The molecule has 0 aliphatic heterocycles. The minimum atomic E-state index is -1.13. The summed E-state index contributed by atoms with van der Waals surface area (Å²) < 4.78 is 15.5. The third kappa shape index (κ3) is 7.17. The molecule has 0 heterocycles. The zero-order valence-corrected chi connectivity index (χ0v) is 9.51. The Hall–Kier alpha value is -0.260. The molecule has 84 valence electrons. The molecule has 4 nitrogen and oxygen atoms in total. The van der Waals surface area contributed by atoms with Crippen LogP contribution in [0.4, 0.5) is 0 Å². The lowest BCUT2D eigenvalue weighted by Crippen LogP contribution is -2.26. The van der Waals surface area contributed by atoms with Gasteiger partial charge >= 0.3 is 5.97 Å². The Kier molecular flexibility index (Phi) is 7.93. The number of ether oxygens (including phenoxy) is 1. The fourth-order valence-corrected chi connectivity index (χ4v) is 1.36. The second kappa shape index (κ2) is 8.08. The first-order valence-electron chi connectivity index (χ1n) is 4.72. The molecule has 0 radical (unpaired) electrons. The zero-order chi connectivity index (χ0) is 11.0. The first-order chi connectivity index (χ1) is 6.57. The normalized spacial score (nSPS) is 14.9. The monoisotopic (exact) mass is 222 g/mol. The summed E-state index contributed by atoms with van der Waals surface area (Å²) in [6.07, 6.45) is 2.36. The Morgan fingerprint density at radius 3 is 2.79 bits per heavy atom. The average Bonchev–Trinajstić information content (AvgIpc) is 2.14. The van der Waals surface area contributed by atoms with Crippen molar-refractivity contribution in [3.63, 3.8) is 0 Å². The van der Waals surface area contributed by atoms with Gasteiger partial charge in [0.15, 0.2) is 6.10 Å². The van der Waals surface area contributed by atoms with Gasteiger partial charge in [-0.1, -0.05) is 24.5 Å². The van der Waals surface area contributed by atoms with Gasteiger partial charge in [0.1, 0.15) is 5.75 Å². The van der Waals surface area contributed by atoms with Crippen LogP contribution in [-0.2, 0) is 20.7 Å². The van der Waals surface area contributed by atoms with Gasteiger partial charge in [0.25, 0.3) is 0 Å². The highest BCUT2D eigenvalue weighted by Crippen LogP contribution is 1.99. The molecule has 0 aromatic rings. The summed E-state index contributed by atoms with van der Waals surface area (Å²) in [6.45, 7) is 2.34. The highest BCUT2D eigenvalue weighted by molar-refractivity contribution is 7.90. The lowest BCUT2D eigenvalue weighted by atomic mass is 10.3. The maximum Gasteiger partial charge on any atom is 0.335 e. The molecular formula is C9H18O4S. The van der Waals surface area contributed by atoms with Crippen LogP contribution in [0.2, 0.25) is 0 Å². The standard InChI is InChI=1S/C9H18O4S/c1-3-4-6-13-9(11)8(10)5-7-14(2)12/h8,10H,3-7H2,1-2H3. The van der Waals surface area contributed by atoms with Crippen molar-refractivity contribution in [1.29, 1.82) is 0 Å². The second-order valence-electron chi connectivity index (χ2n) is 3.10. The predicted molar refractivity (Wildman–Crippen MR) is 55.4 cm³/mol. The lowest BCUT2D eigenvalue weighted by molar-refractivity contribution is -0.153. The van der Waals surface area contributed by atoms with Crippen molar-refractivity contribution in [1.82, 2.24) is 0 Å². The molecule has 0 saturated heterocycles. The van der Waals surface area contributed by atoms with Crippen LogP contribution in [0.3, 0.4) is 0 Å². The molecular weight excluding hydrogens is 204 g/mol. The Labute approximate surface area is 87.8 Å². The third-order valence-corrected chi connectivity index (χ3v) is 2.50. The van der Waals surface area contributed by atoms with E-state index in [0.717, 1.165) is 12.8 Å². The van der Waals surface area contributed by atoms with Crippen LogP contribution in [0.1, 0.15) is 26.2 Å². The van der Waals surface area contributed by atoms with E-state index in [9.17, 15) is 14.5 Å². The summed E-state index contributed by atoms with van der Waals surface area (Å²) in [4.78, 5) is 11.1. The van der Waals surface area contributed by atoms with Gasteiger partial charge in [0, 0.05) is 6.42 Å². The average molecular weight is 222 g/mol. The van der Waals surface area contributed by atoms with E-state index in [1.807, 2.05) is 6.92 Å². The smallest absolute Gasteiger partial charge is 0.335 e. The van der Waals surface area contributed by atoms with Crippen molar-refractivity contribution in [2.24, 2.45) is 0 Å². The van der Waals surface area contributed by atoms with Crippen molar-refractivity contribution >= 4 is 17.1 Å². The predicted octanol–water partition coefficient (Wildman–Crippen LogP) is 0.459. The molecule has 0 aliphatic carbocycles. The van der Waals surface area contributed by atoms with Crippen LogP contribution in [0.5, 0.6) is 0 Å². The summed E-state index contributed by atoms with van der Waals surface area (Å²) in [5, 5.41) is 9.26. The molecule has 2 atom stereocenters. The molecule has 0 amide bonds. The summed E-state index contributed by atoms with van der Waals surface area (Å²) in [7, 11) is 0. The summed E-state index contributed by atoms with van der Waals surface area (Å²) in [5.74, 6) is -0.284.